The summed E-state index contributed by atoms with van der Waals surface area (Å²) in [6.45, 7) is 1.81. The Kier molecular flexibility index (Phi) is 2.87. The molecule has 3 rings (SSSR count). The molecule has 4 nitrogen and oxygen atoms in total. The normalized spacial score (nSPS) is 14.3. The van der Waals surface area contributed by atoms with Crippen molar-refractivity contribution < 1.29 is 8.63 Å². The van der Waals surface area contributed by atoms with Gasteiger partial charge in [-0.25, -0.2) is 14.0 Å². The van der Waals surface area contributed by atoms with E-state index in [2.05, 4.69) is 4.98 Å². The van der Waals surface area contributed by atoms with Gasteiger partial charge in [-0.2, -0.15) is 0 Å². The van der Waals surface area contributed by atoms with E-state index in [0.717, 1.165) is 22.2 Å². The fraction of sp³-hybridized carbons (Fsp3) is 0.133. The highest BCUT2D eigenvalue weighted by atomic mass is 32.2. The smallest absolute Gasteiger partial charge is 0.192 e. The van der Waals surface area contributed by atoms with Gasteiger partial charge in [0.15, 0.2) is 11.5 Å². The van der Waals surface area contributed by atoms with Gasteiger partial charge in [-0.15, -0.1) is 0 Å². The molecular weight excluding hydrogens is 272 g/mol. The lowest BCUT2D eigenvalue weighted by atomic mass is 10.0. The van der Waals surface area contributed by atoms with Gasteiger partial charge in [0, 0.05) is 23.6 Å². The van der Waals surface area contributed by atoms with Crippen molar-refractivity contribution in [2.45, 2.75) is 11.8 Å². The molecule has 1 N–H and O–H groups in total. The largest absolute Gasteiger partial charge is 0.441 e. The standard InChI is InChI=1S/C15H14N2O2S/c1-10-17-15-13(7-4-8-14(15)19-10)11-5-3-6-12(9-11)20(2,16)18/h3-9,16H,1-2H3. The highest BCUT2D eigenvalue weighted by Crippen LogP contribution is 2.29. The summed E-state index contributed by atoms with van der Waals surface area (Å²) in [7, 11) is -2.73. The summed E-state index contributed by atoms with van der Waals surface area (Å²) < 4.78 is 25.1. The van der Waals surface area contributed by atoms with E-state index in [1.807, 2.05) is 37.3 Å². The topological polar surface area (TPSA) is 67.0 Å². The lowest BCUT2D eigenvalue weighted by Crippen LogP contribution is -1.94. The second kappa shape index (κ2) is 4.45. The molecule has 0 amide bonds. The van der Waals surface area contributed by atoms with E-state index in [1.54, 1.807) is 12.1 Å². The molecule has 0 fully saturated rings. The number of rotatable bonds is 2. The van der Waals surface area contributed by atoms with E-state index in [-0.39, 0.29) is 0 Å². The molecule has 0 bridgehead atoms. The first-order valence-electron chi connectivity index (χ1n) is 6.15. The van der Waals surface area contributed by atoms with Crippen LogP contribution in [0.5, 0.6) is 0 Å². The summed E-state index contributed by atoms with van der Waals surface area (Å²) in [5, 5.41) is 0. The van der Waals surface area contributed by atoms with Gasteiger partial charge in [0.2, 0.25) is 0 Å². The average molecular weight is 286 g/mol. The second-order valence-electron chi connectivity index (χ2n) is 4.76. The molecule has 0 spiro atoms. The van der Waals surface area contributed by atoms with E-state index < -0.39 is 9.73 Å². The summed E-state index contributed by atoms with van der Waals surface area (Å²) in [5.74, 6) is 0.614. The Labute approximate surface area is 117 Å². The molecule has 5 heteroatoms. The Morgan fingerprint density at radius 2 is 1.95 bits per heavy atom. The first-order chi connectivity index (χ1) is 9.45. The van der Waals surface area contributed by atoms with E-state index in [0.29, 0.717) is 10.8 Å². The van der Waals surface area contributed by atoms with Crippen LogP contribution in [0.25, 0.3) is 22.2 Å². The van der Waals surface area contributed by atoms with Crippen LogP contribution in [0, 0.1) is 11.7 Å². The second-order valence-corrected chi connectivity index (χ2v) is 6.92. The highest BCUT2D eigenvalue weighted by molar-refractivity contribution is 7.91. The minimum Gasteiger partial charge on any atom is -0.441 e. The van der Waals surface area contributed by atoms with Crippen molar-refractivity contribution in [3.05, 3.63) is 48.4 Å². The number of fused-ring (bicyclic) bond motifs is 1. The minimum absolute atomic E-state index is 0.521. The lowest BCUT2D eigenvalue weighted by Gasteiger charge is -2.06. The van der Waals surface area contributed by atoms with E-state index in [9.17, 15) is 4.21 Å². The van der Waals surface area contributed by atoms with Crippen LogP contribution in [-0.2, 0) is 9.73 Å². The molecule has 1 atom stereocenters. The summed E-state index contributed by atoms with van der Waals surface area (Å²) >= 11 is 0. The Morgan fingerprint density at radius 3 is 2.70 bits per heavy atom. The highest BCUT2D eigenvalue weighted by Gasteiger charge is 2.11. The maximum absolute atomic E-state index is 11.9. The molecule has 0 saturated carbocycles. The molecule has 1 unspecified atom stereocenters. The van der Waals surface area contributed by atoms with Crippen molar-refractivity contribution >= 4 is 20.8 Å². The summed E-state index contributed by atoms with van der Waals surface area (Å²) in [4.78, 5) is 4.92. The van der Waals surface area contributed by atoms with E-state index in [1.165, 1.54) is 6.26 Å². The molecule has 0 saturated heterocycles. The van der Waals surface area contributed by atoms with Crippen molar-refractivity contribution in [2.24, 2.45) is 0 Å². The van der Waals surface area contributed by atoms with Gasteiger partial charge in [-0.05, 0) is 23.8 Å². The number of nitrogens with one attached hydrogen (secondary N) is 1. The van der Waals surface area contributed by atoms with E-state index in [4.69, 9.17) is 9.20 Å². The number of benzene rings is 2. The van der Waals surface area contributed by atoms with Gasteiger partial charge >= 0.3 is 0 Å². The lowest BCUT2D eigenvalue weighted by molar-refractivity contribution is 0.561. The first-order valence-corrected chi connectivity index (χ1v) is 8.12. The predicted octanol–water partition coefficient (Wildman–Crippen LogP) is 3.84. The van der Waals surface area contributed by atoms with Crippen LogP contribution in [0.4, 0.5) is 0 Å². The van der Waals surface area contributed by atoms with Crippen LogP contribution >= 0.6 is 0 Å². The van der Waals surface area contributed by atoms with Gasteiger partial charge in [-0.3, -0.25) is 0 Å². The van der Waals surface area contributed by atoms with Crippen molar-refractivity contribution in [3.8, 4) is 11.1 Å². The number of aromatic nitrogens is 1. The molecule has 0 aliphatic carbocycles. The SMILES string of the molecule is Cc1nc2c(-c3cccc(S(C)(=N)=O)c3)cccc2o1. The predicted molar refractivity (Wildman–Crippen MR) is 79.2 cm³/mol. The zero-order valence-electron chi connectivity index (χ0n) is 11.2. The first kappa shape index (κ1) is 12.9. The monoisotopic (exact) mass is 286 g/mol. The maximum Gasteiger partial charge on any atom is 0.192 e. The van der Waals surface area contributed by atoms with E-state index >= 15 is 0 Å². The zero-order valence-corrected chi connectivity index (χ0v) is 12.0. The Balaban J connectivity index is 2.26. The molecule has 1 heterocycles. The Bertz CT molecular complexity index is 895. The Hall–Kier alpha value is -2.14. The van der Waals surface area contributed by atoms with Gasteiger partial charge in [-0.1, -0.05) is 24.3 Å². The Morgan fingerprint density at radius 1 is 1.20 bits per heavy atom. The molecule has 0 aliphatic heterocycles. The van der Waals surface area contributed by atoms with Crippen LogP contribution in [-0.4, -0.2) is 15.4 Å². The molecule has 102 valence electrons. The van der Waals surface area contributed by atoms with Crippen LogP contribution in [0.15, 0.2) is 51.8 Å². The van der Waals surface area contributed by atoms with Crippen LogP contribution < -0.4 is 0 Å². The number of aryl methyl sites for hydroxylation is 1. The molecule has 0 radical (unpaired) electrons. The van der Waals surface area contributed by atoms with Crippen molar-refractivity contribution in [1.29, 1.82) is 4.78 Å². The minimum atomic E-state index is -2.73. The van der Waals surface area contributed by atoms with Gasteiger partial charge in [0.25, 0.3) is 0 Å². The van der Waals surface area contributed by atoms with Gasteiger partial charge in [0.1, 0.15) is 5.52 Å². The number of oxazole rings is 1. The summed E-state index contributed by atoms with van der Waals surface area (Å²) in [6, 6.07) is 13.0. The third-order valence-electron chi connectivity index (χ3n) is 3.12. The van der Waals surface area contributed by atoms with Gasteiger partial charge < -0.3 is 4.42 Å². The average Bonchev–Trinajstić information content (AvgIpc) is 2.77. The van der Waals surface area contributed by atoms with Crippen LogP contribution in [0.3, 0.4) is 0 Å². The fourth-order valence-corrected chi connectivity index (χ4v) is 2.89. The van der Waals surface area contributed by atoms with Crippen molar-refractivity contribution in [1.82, 2.24) is 4.98 Å². The quantitative estimate of drug-likeness (QED) is 0.778. The number of hydrogen-bond donors (Lipinski definition) is 1. The maximum atomic E-state index is 11.9. The molecular formula is C15H14N2O2S. The fourth-order valence-electron chi connectivity index (χ4n) is 2.20. The summed E-state index contributed by atoms with van der Waals surface area (Å²) in [5.41, 5.74) is 3.33. The third kappa shape index (κ3) is 2.20. The molecule has 0 aliphatic rings. The van der Waals surface area contributed by atoms with Crippen molar-refractivity contribution in [3.63, 3.8) is 0 Å². The molecule has 2 aromatic carbocycles. The number of para-hydroxylation sites is 1. The zero-order chi connectivity index (χ0) is 14.3. The molecule has 1 aromatic heterocycles. The van der Waals surface area contributed by atoms with Crippen molar-refractivity contribution in [2.75, 3.05) is 6.26 Å². The molecule has 3 aromatic rings. The summed E-state index contributed by atoms with van der Waals surface area (Å²) in [6.07, 6.45) is 1.42. The van der Waals surface area contributed by atoms with Crippen LogP contribution in [0.2, 0.25) is 0 Å². The van der Waals surface area contributed by atoms with Crippen LogP contribution in [0.1, 0.15) is 5.89 Å². The van der Waals surface area contributed by atoms with Gasteiger partial charge in [0.05, 0.1) is 9.73 Å². The number of nitrogens with zero attached hydrogens (tertiary/aromatic N) is 1. The number of hydrogen-bond acceptors (Lipinski definition) is 4. The third-order valence-corrected chi connectivity index (χ3v) is 4.27. The molecule has 20 heavy (non-hydrogen) atoms.